The third kappa shape index (κ3) is 5.48. The second-order valence-electron chi connectivity index (χ2n) is 4.97. The Morgan fingerprint density at radius 1 is 1.43 bits per heavy atom. The largest absolute Gasteiger partial charge is 0.357 e. The summed E-state index contributed by atoms with van der Waals surface area (Å²) >= 11 is 0. The Bertz CT molecular complexity index is 498. The number of nitrogens with one attached hydrogen (secondary N) is 1. The predicted octanol–water partition coefficient (Wildman–Crippen LogP) is 1.31. The maximum atomic E-state index is 11.8. The van der Waals surface area contributed by atoms with Crippen molar-refractivity contribution in [1.82, 2.24) is 10.3 Å². The number of nitrogens with two attached hydrogens (primary N) is 1. The van der Waals surface area contributed by atoms with Gasteiger partial charge >= 0.3 is 0 Å². The Morgan fingerprint density at radius 2 is 2.09 bits per heavy atom. The monoisotopic (exact) mass is 323 g/mol. The maximum Gasteiger partial charge on any atom is 0.287 e. The molecule has 0 unspecified atom stereocenters. The van der Waals surface area contributed by atoms with Gasteiger partial charge in [-0.2, -0.15) is 0 Å². The molecule has 1 saturated heterocycles. The lowest BCUT2D eigenvalue weighted by Crippen LogP contribution is -2.41. The molecular formula is C15H25N5O3. The van der Waals surface area contributed by atoms with E-state index in [0.29, 0.717) is 32.0 Å². The number of amides is 1. The van der Waals surface area contributed by atoms with Gasteiger partial charge in [-0.25, -0.2) is 4.98 Å². The van der Waals surface area contributed by atoms with Crippen LogP contribution < -0.4 is 16.0 Å². The highest BCUT2D eigenvalue weighted by atomic mass is 16.6. The van der Waals surface area contributed by atoms with Crippen molar-refractivity contribution < 1.29 is 9.72 Å². The van der Waals surface area contributed by atoms with E-state index < -0.39 is 4.92 Å². The van der Waals surface area contributed by atoms with Gasteiger partial charge in [0.25, 0.3) is 5.69 Å². The molecule has 1 aliphatic heterocycles. The van der Waals surface area contributed by atoms with E-state index in [0.717, 1.165) is 12.8 Å². The zero-order valence-corrected chi connectivity index (χ0v) is 13.7. The normalized spacial score (nSPS) is 14.7. The first kappa shape index (κ1) is 18.8. The summed E-state index contributed by atoms with van der Waals surface area (Å²) in [4.78, 5) is 28.1. The Kier molecular flexibility index (Phi) is 7.96. The van der Waals surface area contributed by atoms with Gasteiger partial charge in [0.2, 0.25) is 5.91 Å². The molecule has 128 valence electrons. The van der Waals surface area contributed by atoms with Crippen LogP contribution in [0.4, 0.5) is 11.5 Å². The van der Waals surface area contributed by atoms with Crippen molar-refractivity contribution in [3.63, 3.8) is 0 Å². The molecule has 1 aliphatic rings. The number of carbonyl (C=O) groups is 1. The number of anilines is 1. The van der Waals surface area contributed by atoms with Crippen molar-refractivity contribution in [3.05, 3.63) is 28.4 Å². The van der Waals surface area contributed by atoms with E-state index in [9.17, 15) is 14.9 Å². The molecule has 3 N–H and O–H groups in total. The summed E-state index contributed by atoms with van der Waals surface area (Å²) < 4.78 is 0. The molecule has 8 heteroatoms. The molecule has 1 aromatic heterocycles. The number of nitro groups is 1. The van der Waals surface area contributed by atoms with Gasteiger partial charge in [-0.05, 0) is 18.9 Å². The van der Waals surface area contributed by atoms with Crippen LogP contribution in [0, 0.1) is 16.0 Å². The maximum absolute atomic E-state index is 11.8. The lowest BCUT2D eigenvalue weighted by atomic mass is 9.96. The highest BCUT2D eigenvalue weighted by Gasteiger charge is 2.25. The zero-order valence-electron chi connectivity index (χ0n) is 13.7. The number of aromatic nitrogens is 1. The lowest BCUT2D eigenvalue weighted by Gasteiger charge is -2.32. The Balaban J connectivity index is 0.00000127. The molecule has 1 aromatic rings. The third-order valence-electron chi connectivity index (χ3n) is 3.58. The topological polar surface area (TPSA) is 114 Å². The number of rotatable bonds is 5. The van der Waals surface area contributed by atoms with Crippen molar-refractivity contribution in [2.45, 2.75) is 26.7 Å². The van der Waals surface area contributed by atoms with Crippen molar-refractivity contribution in [2.24, 2.45) is 11.7 Å². The smallest absolute Gasteiger partial charge is 0.287 e. The van der Waals surface area contributed by atoms with Crippen LogP contribution in [0.5, 0.6) is 0 Å². The molecule has 0 radical (unpaired) electrons. The quantitative estimate of drug-likeness (QED) is 0.623. The van der Waals surface area contributed by atoms with E-state index >= 15 is 0 Å². The van der Waals surface area contributed by atoms with Gasteiger partial charge in [-0.1, -0.05) is 13.8 Å². The van der Waals surface area contributed by atoms with Crippen LogP contribution in [0.15, 0.2) is 18.3 Å². The summed E-state index contributed by atoms with van der Waals surface area (Å²) in [5, 5.41) is 13.4. The molecule has 2 rings (SSSR count). The molecule has 0 aliphatic carbocycles. The standard InChI is InChI=1S/C13H19N5O3.C2H6/c14-5-6-15-13(19)10-3-7-17(8-4-10)12-2-1-11(9-16-12)18(20)21;1-2/h1-2,9-10H,3-8,14H2,(H,15,19);1-2H3. The second kappa shape index (κ2) is 9.73. The summed E-state index contributed by atoms with van der Waals surface area (Å²) in [6.07, 6.45) is 2.75. The minimum Gasteiger partial charge on any atom is -0.357 e. The van der Waals surface area contributed by atoms with Crippen LogP contribution in [0.3, 0.4) is 0 Å². The number of hydrogen-bond donors (Lipinski definition) is 2. The number of pyridine rings is 1. The number of carbonyl (C=O) groups excluding carboxylic acids is 1. The molecule has 8 nitrogen and oxygen atoms in total. The SMILES string of the molecule is CC.NCCNC(=O)C1CCN(c2ccc([N+](=O)[O-])cn2)CC1. The molecule has 1 fully saturated rings. The van der Waals surface area contributed by atoms with Crippen LogP contribution in [-0.4, -0.2) is 42.0 Å². The molecule has 0 spiro atoms. The van der Waals surface area contributed by atoms with Crippen LogP contribution in [0.2, 0.25) is 0 Å². The van der Waals surface area contributed by atoms with Crippen LogP contribution in [0.25, 0.3) is 0 Å². The highest BCUT2D eigenvalue weighted by Crippen LogP contribution is 2.23. The van der Waals surface area contributed by atoms with E-state index in [-0.39, 0.29) is 17.5 Å². The van der Waals surface area contributed by atoms with Crippen molar-refractivity contribution in [2.75, 3.05) is 31.1 Å². The zero-order chi connectivity index (χ0) is 17.2. The summed E-state index contributed by atoms with van der Waals surface area (Å²) in [6.45, 7) is 6.37. The number of piperidine rings is 1. The van der Waals surface area contributed by atoms with Gasteiger partial charge in [0.15, 0.2) is 0 Å². The predicted molar refractivity (Wildman–Crippen MR) is 89.2 cm³/mol. The molecule has 2 heterocycles. The van der Waals surface area contributed by atoms with Crippen LogP contribution in [0.1, 0.15) is 26.7 Å². The van der Waals surface area contributed by atoms with Crippen molar-refractivity contribution >= 4 is 17.4 Å². The third-order valence-corrected chi connectivity index (χ3v) is 3.58. The molecule has 0 bridgehead atoms. The molecule has 0 atom stereocenters. The van der Waals surface area contributed by atoms with Gasteiger partial charge in [0.1, 0.15) is 12.0 Å². The van der Waals surface area contributed by atoms with Crippen LogP contribution in [-0.2, 0) is 4.79 Å². The first-order valence-corrected chi connectivity index (χ1v) is 7.95. The minimum absolute atomic E-state index is 0.00542. The molecule has 23 heavy (non-hydrogen) atoms. The van der Waals surface area contributed by atoms with Crippen LogP contribution >= 0.6 is 0 Å². The van der Waals surface area contributed by atoms with Gasteiger partial charge in [0.05, 0.1) is 4.92 Å². The molecular weight excluding hydrogens is 298 g/mol. The average molecular weight is 323 g/mol. The van der Waals surface area contributed by atoms with E-state index in [4.69, 9.17) is 5.73 Å². The van der Waals surface area contributed by atoms with Crippen molar-refractivity contribution in [1.29, 1.82) is 0 Å². The van der Waals surface area contributed by atoms with E-state index in [2.05, 4.69) is 10.3 Å². The van der Waals surface area contributed by atoms with Gasteiger partial charge < -0.3 is 16.0 Å². The Hall–Kier alpha value is -2.22. The van der Waals surface area contributed by atoms with Gasteiger partial charge in [0, 0.05) is 38.2 Å². The molecule has 1 amide bonds. The Morgan fingerprint density at radius 3 is 2.57 bits per heavy atom. The Labute approximate surface area is 136 Å². The molecule has 0 aromatic carbocycles. The van der Waals surface area contributed by atoms with E-state index in [1.54, 1.807) is 6.07 Å². The first-order valence-electron chi connectivity index (χ1n) is 7.95. The highest BCUT2D eigenvalue weighted by molar-refractivity contribution is 5.78. The van der Waals surface area contributed by atoms with E-state index in [1.165, 1.54) is 12.3 Å². The lowest BCUT2D eigenvalue weighted by molar-refractivity contribution is -0.385. The fourth-order valence-electron chi connectivity index (χ4n) is 2.38. The van der Waals surface area contributed by atoms with E-state index in [1.807, 2.05) is 18.7 Å². The minimum atomic E-state index is -0.467. The van der Waals surface area contributed by atoms with Gasteiger partial charge in [-0.3, -0.25) is 14.9 Å². The molecule has 0 saturated carbocycles. The fraction of sp³-hybridized carbons (Fsp3) is 0.600. The fourth-order valence-corrected chi connectivity index (χ4v) is 2.38. The van der Waals surface area contributed by atoms with Crippen molar-refractivity contribution in [3.8, 4) is 0 Å². The number of nitrogens with zero attached hydrogens (tertiary/aromatic N) is 3. The summed E-state index contributed by atoms with van der Waals surface area (Å²) in [6, 6.07) is 3.09. The summed E-state index contributed by atoms with van der Waals surface area (Å²) in [5.41, 5.74) is 5.34. The summed E-state index contributed by atoms with van der Waals surface area (Å²) in [5.74, 6) is 0.768. The second-order valence-corrected chi connectivity index (χ2v) is 4.97. The van der Waals surface area contributed by atoms with Gasteiger partial charge in [-0.15, -0.1) is 0 Å². The number of hydrogen-bond acceptors (Lipinski definition) is 6. The first-order chi connectivity index (χ1) is 11.1. The average Bonchev–Trinajstić information content (AvgIpc) is 2.61. The summed E-state index contributed by atoms with van der Waals surface area (Å²) in [7, 11) is 0.